The Morgan fingerprint density at radius 1 is 0.828 bits per heavy atom. The SMILES string of the molecule is COc1ccc(NC(=O)COC(=O)CCCC(=O)Nc2ccccc2OC)cc1. The first-order chi connectivity index (χ1) is 14.0. The summed E-state index contributed by atoms with van der Waals surface area (Å²) in [5, 5.41) is 5.35. The van der Waals surface area contributed by atoms with E-state index in [0.717, 1.165) is 0 Å². The number of rotatable bonds is 10. The molecule has 8 heteroatoms. The lowest BCUT2D eigenvalue weighted by atomic mass is 10.2. The standard InChI is InChI=1S/C21H24N2O6/c1-27-16-12-10-15(11-13-16)22-20(25)14-29-21(26)9-5-8-19(24)23-17-6-3-4-7-18(17)28-2/h3-4,6-7,10-13H,5,8-9,14H2,1-2H3,(H,22,25)(H,23,24). The highest BCUT2D eigenvalue weighted by Crippen LogP contribution is 2.23. The molecule has 154 valence electrons. The van der Waals surface area contributed by atoms with Crippen molar-refractivity contribution in [1.82, 2.24) is 0 Å². The minimum Gasteiger partial charge on any atom is -0.497 e. The van der Waals surface area contributed by atoms with Crippen molar-refractivity contribution < 1.29 is 28.6 Å². The molecule has 0 aromatic heterocycles. The molecule has 2 aromatic rings. The van der Waals surface area contributed by atoms with Crippen molar-refractivity contribution >= 4 is 29.2 Å². The summed E-state index contributed by atoms with van der Waals surface area (Å²) in [5.74, 6) is 0.00394. The Balaban J connectivity index is 1.64. The third-order valence-corrected chi connectivity index (χ3v) is 3.90. The second kappa shape index (κ2) is 11.3. The van der Waals surface area contributed by atoms with Crippen LogP contribution in [0.5, 0.6) is 11.5 Å². The van der Waals surface area contributed by atoms with Gasteiger partial charge in [0.2, 0.25) is 5.91 Å². The number of benzene rings is 2. The van der Waals surface area contributed by atoms with Crippen LogP contribution in [0.1, 0.15) is 19.3 Å². The van der Waals surface area contributed by atoms with E-state index in [0.29, 0.717) is 29.3 Å². The number of nitrogens with one attached hydrogen (secondary N) is 2. The van der Waals surface area contributed by atoms with Gasteiger partial charge in [-0.05, 0) is 42.8 Å². The van der Waals surface area contributed by atoms with Crippen molar-refractivity contribution in [3.8, 4) is 11.5 Å². The summed E-state index contributed by atoms with van der Waals surface area (Å²) in [6.07, 6.45) is 0.486. The molecule has 0 spiro atoms. The Morgan fingerprint density at radius 3 is 2.24 bits per heavy atom. The zero-order valence-corrected chi connectivity index (χ0v) is 16.4. The Morgan fingerprint density at radius 2 is 1.55 bits per heavy atom. The summed E-state index contributed by atoms with van der Waals surface area (Å²) in [6.45, 7) is -0.391. The van der Waals surface area contributed by atoms with Gasteiger partial charge in [0.15, 0.2) is 6.61 Å². The molecule has 0 heterocycles. The van der Waals surface area contributed by atoms with Gasteiger partial charge in [0.05, 0.1) is 19.9 Å². The topological polar surface area (TPSA) is 103 Å². The van der Waals surface area contributed by atoms with Gasteiger partial charge in [-0.25, -0.2) is 0 Å². The third-order valence-electron chi connectivity index (χ3n) is 3.90. The maximum absolute atomic E-state index is 12.0. The van der Waals surface area contributed by atoms with Gasteiger partial charge in [-0.15, -0.1) is 0 Å². The number of hydrogen-bond donors (Lipinski definition) is 2. The Kier molecular flexibility index (Phi) is 8.50. The first kappa shape index (κ1) is 21.7. The summed E-state index contributed by atoms with van der Waals surface area (Å²) in [4.78, 5) is 35.6. The summed E-state index contributed by atoms with van der Waals surface area (Å²) < 4.78 is 15.1. The molecule has 2 amide bonds. The van der Waals surface area contributed by atoms with Gasteiger partial charge in [-0.1, -0.05) is 12.1 Å². The van der Waals surface area contributed by atoms with E-state index < -0.39 is 18.5 Å². The van der Waals surface area contributed by atoms with E-state index in [1.54, 1.807) is 55.6 Å². The lowest BCUT2D eigenvalue weighted by molar-refractivity contribution is -0.147. The van der Waals surface area contributed by atoms with Gasteiger partial charge >= 0.3 is 5.97 Å². The van der Waals surface area contributed by atoms with Crippen LogP contribution >= 0.6 is 0 Å². The highest BCUT2D eigenvalue weighted by molar-refractivity contribution is 5.93. The zero-order valence-electron chi connectivity index (χ0n) is 16.4. The number of para-hydroxylation sites is 2. The van der Waals surface area contributed by atoms with Crippen LogP contribution in [0.2, 0.25) is 0 Å². The molecule has 2 rings (SSSR count). The average molecular weight is 400 g/mol. The van der Waals surface area contributed by atoms with Crippen LogP contribution in [0.4, 0.5) is 11.4 Å². The average Bonchev–Trinajstić information content (AvgIpc) is 2.73. The molecule has 2 N–H and O–H groups in total. The molecular formula is C21H24N2O6. The number of hydrogen-bond acceptors (Lipinski definition) is 6. The van der Waals surface area contributed by atoms with Gasteiger partial charge in [-0.3, -0.25) is 14.4 Å². The van der Waals surface area contributed by atoms with Gasteiger partial charge in [-0.2, -0.15) is 0 Å². The number of amides is 2. The summed E-state index contributed by atoms with van der Waals surface area (Å²) in [7, 11) is 3.07. The van der Waals surface area contributed by atoms with Crippen LogP contribution in [0.15, 0.2) is 48.5 Å². The second-order valence-corrected chi connectivity index (χ2v) is 6.04. The number of methoxy groups -OCH3 is 2. The van der Waals surface area contributed by atoms with E-state index in [1.807, 2.05) is 0 Å². The Bertz CT molecular complexity index is 835. The normalized spacial score (nSPS) is 10.0. The van der Waals surface area contributed by atoms with E-state index >= 15 is 0 Å². The fourth-order valence-corrected chi connectivity index (χ4v) is 2.44. The molecule has 0 saturated heterocycles. The first-order valence-corrected chi connectivity index (χ1v) is 9.04. The molecule has 0 atom stereocenters. The molecule has 8 nitrogen and oxygen atoms in total. The number of carbonyl (C=O) groups is 3. The van der Waals surface area contributed by atoms with Gasteiger partial charge in [0.1, 0.15) is 11.5 Å². The van der Waals surface area contributed by atoms with Crippen molar-refractivity contribution in [3.05, 3.63) is 48.5 Å². The van der Waals surface area contributed by atoms with Gasteiger partial charge in [0, 0.05) is 18.5 Å². The summed E-state index contributed by atoms with van der Waals surface area (Å²) in [6, 6.07) is 13.8. The monoisotopic (exact) mass is 400 g/mol. The van der Waals surface area contributed by atoms with Crippen LogP contribution in [0.25, 0.3) is 0 Å². The molecule has 0 bridgehead atoms. The number of anilines is 2. The van der Waals surface area contributed by atoms with Crippen LogP contribution in [0.3, 0.4) is 0 Å². The molecule has 0 aliphatic heterocycles. The van der Waals surface area contributed by atoms with Crippen molar-refractivity contribution in [2.24, 2.45) is 0 Å². The van der Waals surface area contributed by atoms with E-state index in [4.69, 9.17) is 14.2 Å². The fraction of sp³-hybridized carbons (Fsp3) is 0.286. The molecule has 0 saturated carbocycles. The molecule has 0 aliphatic rings. The highest BCUT2D eigenvalue weighted by atomic mass is 16.5. The molecule has 29 heavy (non-hydrogen) atoms. The smallest absolute Gasteiger partial charge is 0.306 e. The highest BCUT2D eigenvalue weighted by Gasteiger charge is 2.11. The van der Waals surface area contributed by atoms with Crippen molar-refractivity contribution in [2.45, 2.75) is 19.3 Å². The van der Waals surface area contributed by atoms with Crippen LogP contribution < -0.4 is 20.1 Å². The number of esters is 1. The minimum atomic E-state index is -0.542. The molecule has 2 aromatic carbocycles. The summed E-state index contributed by atoms with van der Waals surface area (Å²) >= 11 is 0. The molecule has 0 aliphatic carbocycles. The van der Waals surface area contributed by atoms with Crippen LogP contribution in [-0.2, 0) is 19.1 Å². The maximum Gasteiger partial charge on any atom is 0.306 e. The molecule has 0 unspecified atom stereocenters. The van der Waals surface area contributed by atoms with E-state index in [-0.39, 0.29) is 18.7 Å². The maximum atomic E-state index is 12.0. The second-order valence-electron chi connectivity index (χ2n) is 6.04. The predicted molar refractivity (Wildman–Crippen MR) is 108 cm³/mol. The minimum absolute atomic E-state index is 0.0369. The van der Waals surface area contributed by atoms with E-state index in [9.17, 15) is 14.4 Å². The third kappa shape index (κ3) is 7.53. The number of ether oxygens (including phenoxy) is 3. The predicted octanol–water partition coefficient (Wildman–Crippen LogP) is 2.99. The summed E-state index contributed by atoms with van der Waals surface area (Å²) in [5.41, 5.74) is 1.14. The van der Waals surface area contributed by atoms with Gasteiger partial charge < -0.3 is 24.8 Å². The number of carbonyl (C=O) groups excluding carboxylic acids is 3. The lowest BCUT2D eigenvalue weighted by Gasteiger charge is -2.10. The van der Waals surface area contributed by atoms with E-state index in [2.05, 4.69) is 10.6 Å². The first-order valence-electron chi connectivity index (χ1n) is 9.04. The molecular weight excluding hydrogens is 376 g/mol. The van der Waals surface area contributed by atoms with Crippen molar-refractivity contribution in [2.75, 3.05) is 31.5 Å². The fourth-order valence-electron chi connectivity index (χ4n) is 2.44. The van der Waals surface area contributed by atoms with Crippen molar-refractivity contribution in [1.29, 1.82) is 0 Å². The van der Waals surface area contributed by atoms with Crippen LogP contribution in [0, 0.1) is 0 Å². The quantitative estimate of drug-likeness (QED) is 0.595. The van der Waals surface area contributed by atoms with E-state index in [1.165, 1.54) is 7.11 Å². The Hall–Kier alpha value is -3.55. The molecule has 0 radical (unpaired) electrons. The molecule has 0 fully saturated rings. The van der Waals surface area contributed by atoms with Crippen LogP contribution in [-0.4, -0.2) is 38.6 Å². The van der Waals surface area contributed by atoms with Gasteiger partial charge in [0.25, 0.3) is 5.91 Å². The van der Waals surface area contributed by atoms with Crippen molar-refractivity contribution in [3.63, 3.8) is 0 Å². The zero-order chi connectivity index (χ0) is 21.1. The largest absolute Gasteiger partial charge is 0.497 e. The lowest BCUT2D eigenvalue weighted by Crippen LogP contribution is -2.21. The Labute approximate surface area is 169 Å².